The van der Waals surface area contributed by atoms with Crippen LogP contribution >= 0.6 is 0 Å². The minimum absolute atomic E-state index is 0.0609. The normalized spacial score (nSPS) is 21.4. The summed E-state index contributed by atoms with van der Waals surface area (Å²) in [5, 5.41) is 1.07. The SMILES string of the molecule is COC(=O)C1CC(CCc2ccc3cccnc3n2)C1. The van der Waals surface area contributed by atoms with Crippen molar-refractivity contribution in [3.63, 3.8) is 0 Å². The number of carbonyl (C=O) groups excluding carboxylic acids is 1. The van der Waals surface area contributed by atoms with Gasteiger partial charge in [0.15, 0.2) is 5.65 Å². The maximum atomic E-state index is 11.3. The lowest BCUT2D eigenvalue weighted by Gasteiger charge is -2.33. The molecule has 0 atom stereocenters. The van der Waals surface area contributed by atoms with E-state index in [1.165, 1.54) is 7.11 Å². The van der Waals surface area contributed by atoms with E-state index in [0.29, 0.717) is 5.92 Å². The van der Waals surface area contributed by atoms with Crippen LogP contribution < -0.4 is 0 Å². The molecule has 0 amide bonds. The molecule has 0 aliphatic heterocycles. The monoisotopic (exact) mass is 270 g/mol. The lowest BCUT2D eigenvalue weighted by molar-refractivity contribution is -0.150. The Hall–Kier alpha value is -1.97. The Labute approximate surface area is 118 Å². The third-order valence-corrected chi connectivity index (χ3v) is 4.10. The molecule has 0 saturated heterocycles. The zero-order valence-electron chi connectivity index (χ0n) is 11.6. The number of hydrogen-bond donors (Lipinski definition) is 0. The number of methoxy groups -OCH3 is 1. The Bertz CT molecular complexity index is 621. The number of pyridine rings is 2. The van der Waals surface area contributed by atoms with Gasteiger partial charge < -0.3 is 4.74 Å². The van der Waals surface area contributed by atoms with Crippen LogP contribution in [0.4, 0.5) is 0 Å². The molecule has 20 heavy (non-hydrogen) atoms. The first-order valence-electron chi connectivity index (χ1n) is 7.05. The molecule has 104 valence electrons. The van der Waals surface area contributed by atoms with E-state index >= 15 is 0 Å². The Kier molecular flexibility index (Phi) is 3.63. The van der Waals surface area contributed by atoms with Crippen molar-refractivity contribution >= 4 is 17.0 Å². The third kappa shape index (κ3) is 2.64. The minimum atomic E-state index is -0.0609. The van der Waals surface area contributed by atoms with E-state index in [1.54, 1.807) is 6.20 Å². The average molecular weight is 270 g/mol. The molecule has 1 aliphatic carbocycles. The maximum absolute atomic E-state index is 11.3. The van der Waals surface area contributed by atoms with E-state index in [4.69, 9.17) is 4.74 Å². The summed E-state index contributed by atoms with van der Waals surface area (Å²) in [5.74, 6) is 0.686. The van der Waals surface area contributed by atoms with Crippen LogP contribution in [0.3, 0.4) is 0 Å². The second-order valence-corrected chi connectivity index (χ2v) is 5.45. The van der Waals surface area contributed by atoms with Crippen LogP contribution in [0.5, 0.6) is 0 Å². The number of aryl methyl sites for hydroxylation is 1. The summed E-state index contributed by atoms with van der Waals surface area (Å²) < 4.78 is 4.75. The minimum Gasteiger partial charge on any atom is -0.469 e. The molecular formula is C16H18N2O2. The van der Waals surface area contributed by atoms with Crippen LogP contribution in [0.1, 0.15) is 25.0 Å². The lowest BCUT2D eigenvalue weighted by Crippen LogP contribution is -2.31. The van der Waals surface area contributed by atoms with E-state index < -0.39 is 0 Å². The number of fused-ring (bicyclic) bond motifs is 1. The fourth-order valence-electron chi connectivity index (χ4n) is 2.81. The van der Waals surface area contributed by atoms with Crippen molar-refractivity contribution in [1.82, 2.24) is 9.97 Å². The first-order chi connectivity index (χ1) is 9.76. The molecule has 3 rings (SSSR count). The molecule has 4 nitrogen and oxygen atoms in total. The number of nitrogens with zero attached hydrogens (tertiary/aromatic N) is 2. The van der Waals surface area contributed by atoms with Gasteiger partial charge in [-0.15, -0.1) is 0 Å². The number of aromatic nitrogens is 2. The van der Waals surface area contributed by atoms with Crippen LogP contribution in [-0.2, 0) is 16.0 Å². The van der Waals surface area contributed by atoms with Gasteiger partial charge in [0.1, 0.15) is 0 Å². The molecule has 2 heterocycles. The van der Waals surface area contributed by atoms with Gasteiger partial charge in [-0.3, -0.25) is 4.79 Å². The summed E-state index contributed by atoms with van der Waals surface area (Å²) in [6, 6.07) is 8.08. The Morgan fingerprint density at radius 1 is 1.35 bits per heavy atom. The third-order valence-electron chi connectivity index (χ3n) is 4.10. The molecule has 1 aliphatic rings. The van der Waals surface area contributed by atoms with Gasteiger partial charge in [0.2, 0.25) is 0 Å². The number of hydrogen-bond acceptors (Lipinski definition) is 4. The van der Waals surface area contributed by atoms with Crippen molar-refractivity contribution in [1.29, 1.82) is 0 Å². The van der Waals surface area contributed by atoms with Crippen molar-refractivity contribution < 1.29 is 9.53 Å². The molecule has 4 heteroatoms. The van der Waals surface area contributed by atoms with Crippen molar-refractivity contribution in [3.05, 3.63) is 36.2 Å². The van der Waals surface area contributed by atoms with Gasteiger partial charge in [-0.2, -0.15) is 0 Å². The van der Waals surface area contributed by atoms with E-state index in [9.17, 15) is 4.79 Å². The van der Waals surface area contributed by atoms with Gasteiger partial charge in [0, 0.05) is 17.3 Å². The predicted molar refractivity (Wildman–Crippen MR) is 76.1 cm³/mol. The number of rotatable bonds is 4. The van der Waals surface area contributed by atoms with Crippen molar-refractivity contribution in [2.24, 2.45) is 11.8 Å². The quantitative estimate of drug-likeness (QED) is 0.802. The molecule has 0 bridgehead atoms. The van der Waals surface area contributed by atoms with Gasteiger partial charge >= 0.3 is 5.97 Å². The number of esters is 1. The Morgan fingerprint density at radius 3 is 3.00 bits per heavy atom. The Morgan fingerprint density at radius 2 is 2.20 bits per heavy atom. The first-order valence-corrected chi connectivity index (χ1v) is 7.05. The highest BCUT2D eigenvalue weighted by molar-refractivity contribution is 5.74. The van der Waals surface area contributed by atoms with Crippen LogP contribution in [0.15, 0.2) is 30.5 Å². The predicted octanol–water partition coefficient (Wildman–Crippen LogP) is 2.76. The molecule has 0 radical (unpaired) electrons. The summed E-state index contributed by atoms with van der Waals surface area (Å²) in [7, 11) is 1.46. The van der Waals surface area contributed by atoms with Gasteiger partial charge in [-0.25, -0.2) is 9.97 Å². The van der Waals surface area contributed by atoms with E-state index in [-0.39, 0.29) is 11.9 Å². The smallest absolute Gasteiger partial charge is 0.308 e. The molecule has 1 fully saturated rings. The highest BCUT2D eigenvalue weighted by atomic mass is 16.5. The fourth-order valence-corrected chi connectivity index (χ4v) is 2.81. The highest BCUT2D eigenvalue weighted by Gasteiger charge is 2.34. The van der Waals surface area contributed by atoms with Crippen LogP contribution in [-0.4, -0.2) is 23.0 Å². The second-order valence-electron chi connectivity index (χ2n) is 5.45. The molecule has 2 aromatic rings. The lowest BCUT2D eigenvalue weighted by atomic mass is 9.72. The number of ether oxygens (including phenoxy) is 1. The number of carbonyl (C=O) groups is 1. The van der Waals surface area contributed by atoms with Crippen molar-refractivity contribution in [3.8, 4) is 0 Å². The molecule has 1 saturated carbocycles. The van der Waals surface area contributed by atoms with Gasteiger partial charge in [0.05, 0.1) is 13.0 Å². The topological polar surface area (TPSA) is 52.1 Å². The van der Waals surface area contributed by atoms with Crippen molar-refractivity contribution in [2.75, 3.05) is 7.11 Å². The van der Waals surface area contributed by atoms with Gasteiger partial charge in [-0.1, -0.05) is 0 Å². The average Bonchev–Trinajstić information content (AvgIpc) is 2.45. The van der Waals surface area contributed by atoms with Gasteiger partial charge in [-0.05, 0) is 55.9 Å². The zero-order valence-corrected chi connectivity index (χ0v) is 11.6. The second kappa shape index (κ2) is 5.57. The first kappa shape index (κ1) is 13.0. The molecule has 2 aromatic heterocycles. The summed E-state index contributed by atoms with van der Waals surface area (Å²) >= 11 is 0. The van der Waals surface area contributed by atoms with Crippen LogP contribution in [0, 0.1) is 11.8 Å². The molecule has 0 spiro atoms. The summed E-state index contributed by atoms with van der Waals surface area (Å²) in [6.07, 6.45) is 5.72. The molecule has 0 aromatic carbocycles. The Balaban J connectivity index is 1.55. The van der Waals surface area contributed by atoms with E-state index in [2.05, 4.69) is 22.1 Å². The van der Waals surface area contributed by atoms with Gasteiger partial charge in [0.25, 0.3) is 0 Å². The largest absolute Gasteiger partial charge is 0.469 e. The maximum Gasteiger partial charge on any atom is 0.308 e. The van der Waals surface area contributed by atoms with Crippen molar-refractivity contribution in [2.45, 2.75) is 25.7 Å². The van der Waals surface area contributed by atoms with Crippen LogP contribution in [0.25, 0.3) is 11.0 Å². The fraction of sp³-hybridized carbons (Fsp3) is 0.438. The molecule has 0 N–H and O–H groups in total. The zero-order chi connectivity index (χ0) is 13.9. The summed E-state index contributed by atoms with van der Waals surface area (Å²) in [4.78, 5) is 20.2. The highest BCUT2D eigenvalue weighted by Crippen LogP contribution is 2.37. The molecular weight excluding hydrogens is 252 g/mol. The molecule has 0 unspecified atom stereocenters. The van der Waals surface area contributed by atoms with Crippen LogP contribution in [0.2, 0.25) is 0 Å². The summed E-state index contributed by atoms with van der Waals surface area (Å²) in [6.45, 7) is 0. The van der Waals surface area contributed by atoms with E-state index in [1.807, 2.05) is 12.1 Å². The summed E-state index contributed by atoms with van der Waals surface area (Å²) in [5.41, 5.74) is 1.89. The van der Waals surface area contributed by atoms with E-state index in [0.717, 1.165) is 42.4 Å². The standard InChI is InChI=1S/C16H18N2O2/c1-20-16(19)13-9-11(10-13)4-6-14-7-5-12-3-2-8-17-15(12)18-14/h2-3,5,7-8,11,13H,4,6,9-10H2,1H3.